The van der Waals surface area contributed by atoms with E-state index in [9.17, 15) is 10.2 Å². The second kappa shape index (κ2) is 6.28. The van der Waals surface area contributed by atoms with Crippen molar-refractivity contribution in [3.8, 4) is 17.2 Å². The fourth-order valence-electron chi connectivity index (χ4n) is 2.45. The summed E-state index contributed by atoms with van der Waals surface area (Å²) in [5, 5.41) is 31.5. The Labute approximate surface area is 133 Å². The summed E-state index contributed by atoms with van der Waals surface area (Å²) in [6.45, 7) is 0. The van der Waals surface area contributed by atoms with E-state index in [1.807, 2.05) is 54.6 Å². The van der Waals surface area contributed by atoms with Crippen LogP contribution in [-0.2, 0) is 0 Å². The molecule has 0 heterocycles. The van der Waals surface area contributed by atoms with Crippen molar-refractivity contribution in [2.45, 2.75) is 0 Å². The molecule has 4 aromatic carbocycles. The van der Waals surface area contributed by atoms with Crippen LogP contribution < -0.4 is 0 Å². The highest BCUT2D eigenvalue weighted by atomic mass is 16.3. The smallest absolute Gasteiger partial charge is 0.165 e. The Morgan fingerprint density at radius 3 is 1.70 bits per heavy atom. The molecular weight excluding hydrogens is 288 g/mol. The molecule has 4 rings (SSSR count). The molecule has 23 heavy (non-hydrogen) atoms. The number of phenolic OH excluding ortho intramolecular Hbond substituents is 3. The average Bonchev–Trinajstić information content (AvgIpc) is 2.60. The van der Waals surface area contributed by atoms with E-state index >= 15 is 0 Å². The molecule has 114 valence electrons. The van der Waals surface area contributed by atoms with Crippen molar-refractivity contribution in [3.05, 3.63) is 78.9 Å². The molecule has 3 nitrogen and oxygen atoms in total. The molecule has 3 N–H and O–H groups in total. The van der Waals surface area contributed by atoms with Gasteiger partial charge in [0.15, 0.2) is 11.5 Å². The van der Waals surface area contributed by atoms with Gasteiger partial charge in [-0.3, -0.25) is 0 Å². The highest BCUT2D eigenvalue weighted by molar-refractivity contribution is 5.90. The van der Waals surface area contributed by atoms with Gasteiger partial charge in [-0.1, -0.05) is 66.7 Å². The average molecular weight is 304 g/mol. The van der Waals surface area contributed by atoms with E-state index in [-0.39, 0.29) is 11.5 Å². The second-order valence-electron chi connectivity index (χ2n) is 5.15. The third-order valence-corrected chi connectivity index (χ3v) is 3.65. The fourth-order valence-corrected chi connectivity index (χ4v) is 2.45. The summed E-state index contributed by atoms with van der Waals surface area (Å²) in [5.41, 5.74) is 0. The third-order valence-electron chi connectivity index (χ3n) is 3.65. The lowest BCUT2D eigenvalue weighted by atomic mass is 10.1. The van der Waals surface area contributed by atoms with Gasteiger partial charge in [0.05, 0.1) is 0 Å². The van der Waals surface area contributed by atoms with Gasteiger partial charge in [-0.2, -0.15) is 0 Å². The summed E-state index contributed by atoms with van der Waals surface area (Å²) < 4.78 is 0. The lowest BCUT2D eigenvalue weighted by molar-refractivity contribution is 0.408. The molecule has 0 fully saturated rings. The molecule has 0 radical (unpaired) electrons. The minimum absolute atomic E-state index is 0.0481. The number of hydrogen-bond donors (Lipinski definition) is 3. The van der Waals surface area contributed by atoms with E-state index in [4.69, 9.17) is 5.11 Å². The molecule has 0 aliphatic heterocycles. The Morgan fingerprint density at radius 1 is 0.435 bits per heavy atom. The van der Waals surface area contributed by atoms with Gasteiger partial charge in [0.1, 0.15) is 5.75 Å². The van der Waals surface area contributed by atoms with Crippen LogP contribution in [0.3, 0.4) is 0 Å². The minimum Gasteiger partial charge on any atom is -0.507 e. The molecule has 0 amide bonds. The van der Waals surface area contributed by atoms with Gasteiger partial charge in [0.25, 0.3) is 0 Å². The lowest BCUT2D eigenvalue weighted by Gasteiger charge is -2.01. The van der Waals surface area contributed by atoms with Crippen LogP contribution in [0.25, 0.3) is 21.5 Å². The van der Waals surface area contributed by atoms with E-state index in [1.165, 1.54) is 6.07 Å². The van der Waals surface area contributed by atoms with Crippen LogP contribution in [0.2, 0.25) is 0 Å². The summed E-state index contributed by atoms with van der Waals surface area (Å²) in [6, 6.07) is 23.9. The number of benzene rings is 4. The van der Waals surface area contributed by atoms with Crippen molar-refractivity contribution >= 4 is 21.5 Å². The first-order valence-electron chi connectivity index (χ1n) is 7.23. The zero-order valence-corrected chi connectivity index (χ0v) is 12.3. The van der Waals surface area contributed by atoms with Gasteiger partial charge in [-0.15, -0.1) is 0 Å². The predicted molar refractivity (Wildman–Crippen MR) is 92.9 cm³/mol. The molecule has 0 saturated heterocycles. The number of rotatable bonds is 0. The molecule has 0 atom stereocenters. The van der Waals surface area contributed by atoms with E-state index in [1.54, 1.807) is 18.2 Å². The number of fused-ring (bicyclic) bond motifs is 2. The number of hydrogen-bond acceptors (Lipinski definition) is 3. The Bertz CT molecular complexity index is 956. The number of aromatic hydroxyl groups is 3. The van der Waals surface area contributed by atoms with Crippen molar-refractivity contribution in [3.63, 3.8) is 0 Å². The van der Waals surface area contributed by atoms with Crippen molar-refractivity contribution in [1.29, 1.82) is 0 Å². The Hall–Kier alpha value is -3.20. The van der Waals surface area contributed by atoms with Crippen LogP contribution >= 0.6 is 0 Å². The zero-order chi connectivity index (χ0) is 16.2. The normalized spacial score (nSPS) is 10.3. The summed E-state index contributed by atoms with van der Waals surface area (Å²) in [6.07, 6.45) is 0. The summed E-state index contributed by atoms with van der Waals surface area (Å²) in [5.74, 6) is 0.227. The third kappa shape index (κ3) is 3.04. The van der Waals surface area contributed by atoms with Gasteiger partial charge in [-0.25, -0.2) is 0 Å². The van der Waals surface area contributed by atoms with Crippen molar-refractivity contribution in [2.24, 2.45) is 0 Å². The SMILES string of the molecule is Oc1ccc2ccccc2c1O.Oc1cccc2ccccc12. The molecule has 0 saturated carbocycles. The maximum absolute atomic E-state index is 9.41. The standard InChI is InChI=1S/C10H8O2.C10H8O/c11-9-6-5-7-3-1-2-4-8(7)10(9)12;11-10-7-3-5-8-4-1-2-6-9(8)10/h1-6,11-12H;1-7,11H. The first-order valence-corrected chi connectivity index (χ1v) is 7.23. The van der Waals surface area contributed by atoms with E-state index in [0.717, 1.165) is 16.2 Å². The van der Waals surface area contributed by atoms with Gasteiger partial charge < -0.3 is 15.3 Å². The first kappa shape index (κ1) is 14.7. The zero-order valence-electron chi connectivity index (χ0n) is 12.3. The van der Waals surface area contributed by atoms with Gasteiger partial charge in [-0.05, 0) is 22.9 Å². The summed E-state index contributed by atoms with van der Waals surface area (Å²) in [7, 11) is 0. The van der Waals surface area contributed by atoms with Gasteiger partial charge in [0, 0.05) is 10.8 Å². The maximum atomic E-state index is 9.41. The molecule has 0 aliphatic rings. The Kier molecular flexibility index (Phi) is 4.02. The summed E-state index contributed by atoms with van der Waals surface area (Å²) in [4.78, 5) is 0. The van der Waals surface area contributed by atoms with Crippen molar-refractivity contribution in [1.82, 2.24) is 0 Å². The molecular formula is C20H16O3. The van der Waals surface area contributed by atoms with E-state index in [0.29, 0.717) is 11.1 Å². The Morgan fingerprint density at radius 2 is 1.00 bits per heavy atom. The fraction of sp³-hybridized carbons (Fsp3) is 0. The molecule has 4 aromatic rings. The van der Waals surface area contributed by atoms with Gasteiger partial charge >= 0.3 is 0 Å². The lowest BCUT2D eigenvalue weighted by Crippen LogP contribution is -1.73. The van der Waals surface area contributed by atoms with Gasteiger partial charge in [0.2, 0.25) is 0 Å². The molecule has 0 unspecified atom stereocenters. The quantitative estimate of drug-likeness (QED) is 0.409. The van der Waals surface area contributed by atoms with Crippen LogP contribution in [0.1, 0.15) is 0 Å². The van der Waals surface area contributed by atoms with Crippen molar-refractivity contribution < 1.29 is 15.3 Å². The topological polar surface area (TPSA) is 60.7 Å². The van der Waals surface area contributed by atoms with Crippen LogP contribution in [-0.4, -0.2) is 15.3 Å². The Balaban J connectivity index is 0.000000136. The van der Waals surface area contributed by atoms with Crippen LogP contribution in [0.4, 0.5) is 0 Å². The monoisotopic (exact) mass is 304 g/mol. The highest BCUT2D eigenvalue weighted by Gasteiger charge is 2.02. The minimum atomic E-state index is -0.0753. The summed E-state index contributed by atoms with van der Waals surface area (Å²) >= 11 is 0. The highest BCUT2D eigenvalue weighted by Crippen LogP contribution is 2.32. The second-order valence-corrected chi connectivity index (χ2v) is 5.15. The molecule has 0 aromatic heterocycles. The maximum Gasteiger partial charge on any atom is 0.165 e. The van der Waals surface area contributed by atoms with Crippen molar-refractivity contribution in [2.75, 3.05) is 0 Å². The first-order chi connectivity index (χ1) is 11.2. The molecule has 3 heteroatoms. The number of phenols is 3. The van der Waals surface area contributed by atoms with Crippen LogP contribution in [0, 0.1) is 0 Å². The van der Waals surface area contributed by atoms with Crippen LogP contribution in [0.5, 0.6) is 17.2 Å². The van der Waals surface area contributed by atoms with E-state index < -0.39 is 0 Å². The molecule has 0 spiro atoms. The predicted octanol–water partition coefficient (Wildman–Crippen LogP) is 4.80. The molecule has 0 aliphatic carbocycles. The molecule has 0 bridgehead atoms. The van der Waals surface area contributed by atoms with Crippen LogP contribution in [0.15, 0.2) is 78.9 Å². The van der Waals surface area contributed by atoms with E-state index in [2.05, 4.69) is 0 Å². The largest absolute Gasteiger partial charge is 0.507 e.